The van der Waals surface area contributed by atoms with Crippen molar-refractivity contribution in [1.29, 1.82) is 0 Å². The minimum atomic E-state index is 0.358. The van der Waals surface area contributed by atoms with E-state index in [0.29, 0.717) is 18.6 Å². The second-order valence-electron chi connectivity index (χ2n) is 6.91. The lowest BCUT2D eigenvalue weighted by atomic mass is 10.0. The molecule has 0 radical (unpaired) electrons. The van der Waals surface area contributed by atoms with Crippen LogP contribution in [0.4, 0.5) is 0 Å². The van der Waals surface area contributed by atoms with Crippen LogP contribution in [0.1, 0.15) is 89.4 Å². The van der Waals surface area contributed by atoms with Gasteiger partial charge in [0.1, 0.15) is 11.5 Å². The van der Waals surface area contributed by atoms with Crippen molar-refractivity contribution in [2.75, 3.05) is 6.79 Å². The van der Waals surface area contributed by atoms with Crippen molar-refractivity contribution in [2.45, 2.75) is 66.7 Å². The Morgan fingerprint density at radius 2 is 1.68 bits per heavy atom. The minimum Gasteiger partial charge on any atom is -0.461 e. The van der Waals surface area contributed by atoms with E-state index in [0.717, 1.165) is 35.0 Å². The lowest BCUT2D eigenvalue weighted by Crippen LogP contribution is -1.93. The van der Waals surface area contributed by atoms with Crippen LogP contribution in [0.15, 0.2) is 41.3 Å². The van der Waals surface area contributed by atoms with E-state index in [1.54, 1.807) is 6.08 Å². The summed E-state index contributed by atoms with van der Waals surface area (Å²) in [6.45, 7) is 18.8. The van der Waals surface area contributed by atoms with E-state index in [4.69, 9.17) is 13.9 Å². The summed E-state index contributed by atoms with van der Waals surface area (Å²) in [5.74, 6) is 4.60. The molecule has 0 aliphatic carbocycles. The monoisotopic (exact) mass is 384 g/mol. The molecule has 1 aromatic heterocycles. The quantitative estimate of drug-likeness (QED) is 0.523. The zero-order chi connectivity index (χ0) is 21.1. The molecular weight excluding hydrogens is 348 g/mol. The summed E-state index contributed by atoms with van der Waals surface area (Å²) in [4.78, 5) is 0. The Labute approximate surface area is 171 Å². The number of rotatable bonds is 5. The predicted octanol–water partition coefficient (Wildman–Crippen LogP) is 8.03. The number of hydrogen-bond acceptors (Lipinski definition) is 3. The topological polar surface area (TPSA) is 31.6 Å². The van der Waals surface area contributed by atoms with Crippen LogP contribution in [0.2, 0.25) is 0 Å². The van der Waals surface area contributed by atoms with E-state index in [9.17, 15) is 0 Å². The molecule has 0 unspecified atom stereocenters. The fraction of sp³-hybridized carbons (Fsp3) is 0.440. The Morgan fingerprint density at radius 1 is 1.00 bits per heavy atom. The fourth-order valence-corrected chi connectivity index (χ4v) is 2.53. The van der Waals surface area contributed by atoms with Gasteiger partial charge in [0.15, 0.2) is 11.5 Å². The van der Waals surface area contributed by atoms with Gasteiger partial charge in [-0.15, -0.1) is 0 Å². The second-order valence-corrected chi connectivity index (χ2v) is 6.91. The third kappa shape index (κ3) is 6.63. The maximum atomic E-state index is 5.65. The van der Waals surface area contributed by atoms with Crippen LogP contribution < -0.4 is 9.47 Å². The first-order valence-electron chi connectivity index (χ1n) is 10.3. The SMILES string of the molecule is C=Cc1oc(C(C)C)cc1/C=C\CC.CC.CC(C)c1ccc2c(c1)OCO2. The highest BCUT2D eigenvalue weighted by Crippen LogP contribution is 2.34. The average molecular weight is 385 g/mol. The van der Waals surface area contributed by atoms with E-state index in [2.05, 4.69) is 65.5 Å². The van der Waals surface area contributed by atoms with Crippen LogP contribution in [0.3, 0.4) is 0 Å². The lowest BCUT2D eigenvalue weighted by Gasteiger charge is -2.05. The van der Waals surface area contributed by atoms with Gasteiger partial charge in [-0.05, 0) is 42.2 Å². The molecule has 1 aromatic carbocycles. The lowest BCUT2D eigenvalue weighted by molar-refractivity contribution is 0.174. The molecule has 0 amide bonds. The zero-order valence-electron chi connectivity index (χ0n) is 18.5. The van der Waals surface area contributed by atoms with Gasteiger partial charge < -0.3 is 13.9 Å². The molecule has 3 heteroatoms. The average Bonchev–Trinajstić information content (AvgIpc) is 3.34. The Kier molecular flexibility index (Phi) is 10.2. The maximum absolute atomic E-state index is 5.65. The molecule has 1 aliphatic rings. The Balaban J connectivity index is 0.000000259. The van der Waals surface area contributed by atoms with Gasteiger partial charge in [-0.1, -0.05) is 73.3 Å². The Morgan fingerprint density at radius 3 is 2.25 bits per heavy atom. The van der Waals surface area contributed by atoms with Crippen molar-refractivity contribution >= 4 is 12.2 Å². The molecular formula is C25H36O3. The molecule has 2 heterocycles. The summed E-state index contributed by atoms with van der Waals surface area (Å²) >= 11 is 0. The van der Waals surface area contributed by atoms with Crippen molar-refractivity contribution in [3.8, 4) is 11.5 Å². The first-order chi connectivity index (χ1) is 13.5. The van der Waals surface area contributed by atoms with E-state index < -0.39 is 0 Å². The van der Waals surface area contributed by atoms with E-state index in [1.807, 2.05) is 26.0 Å². The standard InChI is InChI=1S/C13H18O.C10H12O2.C2H6/c1-5-7-8-11-9-13(10(3)4)14-12(11)6-2;1-7(2)8-3-4-9-10(5-8)12-6-11-9;1-2/h6-10H,2,5H2,1,3-4H3;3-5,7H,6H2,1-2H3;1-2H3/b8-7-;;. The number of hydrogen-bond donors (Lipinski definition) is 0. The van der Waals surface area contributed by atoms with Gasteiger partial charge in [-0.3, -0.25) is 0 Å². The van der Waals surface area contributed by atoms with Gasteiger partial charge in [0.25, 0.3) is 0 Å². The fourth-order valence-electron chi connectivity index (χ4n) is 2.53. The minimum absolute atomic E-state index is 0.358. The predicted molar refractivity (Wildman–Crippen MR) is 120 cm³/mol. The molecule has 0 bridgehead atoms. The normalized spacial score (nSPS) is 11.9. The molecule has 3 rings (SSSR count). The first-order valence-corrected chi connectivity index (χ1v) is 10.3. The summed E-state index contributed by atoms with van der Waals surface area (Å²) < 4.78 is 16.1. The van der Waals surface area contributed by atoms with Crippen LogP contribution in [-0.4, -0.2) is 6.79 Å². The van der Waals surface area contributed by atoms with Gasteiger partial charge in [-0.2, -0.15) is 0 Å². The molecule has 3 nitrogen and oxygen atoms in total. The molecule has 1 aliphatic heterocycles. The van der Waals surface area contributed by atoms with Gasteiger partial charge >= 0.3 is 0 Å². The van der Waals surface area contributed by atoms with Crippen LogP contribution in [0.25, 0.3) is 12.2 Å². The molecule has 0 saturated heterocycles. The molecule has 0 saturated carbocycles. The van der Waals surface area contributed by atoms with E-state index >= 15 is 0 Å². The van der Waals surface area contributed by atoms with Gasteiger partial charge in [0.2, 0.25) is 6.79 Å². The Hall–Kier alpha value is -2.42. The summed E-state index contributed by atoms with van der Waals surface area (Å²) in [5, 5.41) is 0. The third-order valence-corrected chi connectivity index (χ3v) is 4.16. The maximum Gasteiger partial charge on any atom is 0.231 e. The number of benzene rings is 1. The molecule has 0 fully saturated rings. The van der Waals surface area contributed by atoms with Crippen LogP contribution in [0, 0.1) is 0 Å². The molecule has 28 heavy (non-hydrogen) atoms. The molecule has 154 valence electrons. The third-order valence-electron chi connectivity index (χ3n) is 4.16. The van der Waals surface area contributed by atoms with Crippen molar-refractivity contribution in [3.63, 3.8) is 0 Å². The highest BCUT2D eigenvalue weighted by molar-refractivity contribution is 5.61. The molecule has 0 N–H and O–H groups in total. The highest BCUT2D eigenvalue weighted by Gasteiger charge is 2.13. The van der Waals surface area contributed by atoms with Crippen molar-refractivity contribution in [1.82, 2.24) is 0 Å². The smallest absolute Gasteiger partial charge is 0.231 e. The van der Waals surface area contributed by atoms with Crippen molar-refractivity contribution < 1.29 is 13.9 Å². The summed E-state index contributed by atoms with van der Waals surface area (Å²) in [6.07, 6.45) is 7.02. The van der Waals surface area contributed by atoms with Crippen LogP contribution in [0.5, 0.6) is 11.5 Å². The molecule has 0 atom stereocenters. The first kappa shape index (κ1) is 23.6. The van der Waals surface area contributed by atoms with E-state index in [1.165, 1.54) is 5.56 Å². The Bertz CT molecular complexity index is 751. The number of fused-ring (bicyclic) bond motifs is 1. The highest BCUT2D eigenvalue weighted by atomic mass is 16.7. The van der Waals surface area contributed by atoms with Gasteiger partial charge in [0, 0.05) is 11.5 Å². The van der Waals surface area contributed by atoms with Crippen molar-refractivity contribution in [3.05, 3.63) is 59.6 Å². The number of ether oxygens (including phenoxy) is 2. The molecule has 0 spiro atoms. The largest absolute Gasteiger partial charge is 0.461 e. The van der Waals surface area contributed by atoms with Gasteiger partial charge in [0.05, 0.1) is 0 Å². The molecule has 2 aromatic rings. The van der Waals surface area contributed by atoms with Crippen molar-refractivity contribution in [2.24, 2.45) is 0 Å². The second kappa shape index (κ2) is 12.1. The summed E-state index contributed by atoms with van der Waals surface area (Å²) in [6, 6.07) is 8.19. The van der Waals surface area contributed by atoms with Crippen LogP contribution in [-0.2, 0) is 0 Å². The number of allylic oxidation sites excluding steroid dienone is 1. The number of furan rings is 1. The summed E-state index contributed by atoms with van der Waals surface area (Å²) in [5.41, 5.74) is 2.42. The van der Waals surface area contributed by atoms with Crippen LogP contribution >= 0.6 is 0 Å². The van der Waals surface area contributed by atoms with Gasteiger partial charge in [-0.25, -0.2) is 0 Å². The zero-order valence-corrected chi connectivity index (χ0v) is 18.5. The van der Waals surface area contributed by atoms with E-state index in [-0.39, 0.29) is 0 Å². The summed E-state index contributed by atoms with van der Waals surface area (Å²) in [7, 11) is 0.